The Balaban J connectivity index is 0.000000224. The van der Waals surface area contributed by atoms with E-state index in [4.69, 9.17) is 14.6 Å². The second-order valence-corrected chi connectivity index (χ2v) is 21.9. The number of aldehydes is 1. The summed E-state index contributed by atoms with van der Waals surface area (Å²) in [5, 5.41) is 9.39. The van der Waals surface area contributed by atoms with Crippen LogP contribution < -0.4 is 9.47 Å². The van der Waals surface area contributed by atoms with Gasteiger partial charge < -0.3 is 33.9 Å². The molecule has 4 saturated heterocycles. The Morgan fingerprint density at radius 1 is 0.549 bits per heavy atom. The molecule has 2 aromatic carbocycles. The van der Waals surface area contributed by atoms with Crippen molar-refractivity contribution in [2.24, 2.45) is 24.9 Å². The van der Waals surface area contributed by atoms with Crippen molar-refractivity contribution < 1.29 is 28.7 Å². The zero-order valence-electron chi connectivity index (χ0n) is 44.6. The minimum atomic E-state index is -0.652. The van der Waals surface area contributed by atoms with Crippen LogP contribution in [0, 0.1) is 38.5 Å². The van der Waals surface area contributed by atoms with E-state index in [0.29, 0.717) is 24.9 Å². The molecule has 386 valence electrons. The predicted octanol–water partition coefficient (Wildman–Crippen LogP) is 6.99. The Morgan fingerprint density at radius 2 is 0.930 bits per heavy atom. The Morgan fingerprint density at radius 3 is 1.35 bits per heavy atom. The number of aryl methyl sites for hydroxylation is 6. The van der Waals surface area contributed by atoms with Gasteiger partial charge in [0.25, 0.3) is 0 Å². The number of nitrogens with zero attached hydrogens (tertiary/aromatic N) is 9. The van der Waals surface area contributed by atoms with E-state index >= 15 is 0 Å². The van der Waals surface area contributed by atoms with Gasteiger partial charge in [-0.3, -0.25) is 28.6 Å². The van der Waals surface area contributed by atoms with E-state index in [1.165, 1.54) is 11.1 Å². The largest absolute Gasteiger partial charge is 0.475 e. The van der Waals surface area contributed by atoms with Crippen LogP contribution in [-0.4, -0.2) is 160 Å². The molecule has 0 aliphatic carbocycles. The molecule has 4 fully saturated rings. The van der Waals surface area contributed by atoms with Gasteiger partial charge in [-0.05, 0) is 125 Å². The van der Waals surface area contributed by atoms with Gasteiger partial charge in [-0.1, -0.05) is 34.4 Å². The summed E-state index contributed by atoms with van der Waals surface area (Å²) in [6.07, 6.45) is 8.44. The van der Waals surface area contributed by atoms with Gasteiger partial charge in [0.1, 0.15) is 19.5 Å². The highest BCUT2D eigenvalue weighted by Gasteiger charge is 2.37. The van der Waals surface area contributed by atoms with Gasteiger partial charge in [0.15, 0.2) is 0 Å². The average Bonchev–Trinajstić information content (AvgIpc) is 4.19. The monoisotopic (exact) mass is 976 g/mol. The molecule has 3 amide bonds. The summed E-state index contributed by atoms with van der Waals surface area (Å²) >= 11 is 0. The minimum Gasteiger partial charge on any atom is -0.475 e. The molecule has 0 N–H and O–H groups in total. The lowest BCUT2D eigenvalue weighted by atomic mass is 9.93. The van der Waals surface area contributed by atoms with E-state index < -0.39 is 10.8 Å². The maximum absolute atomic E-state index is 13.2. The zero-order chi connectivity index (χ0) is 51.0. The first-order chi connectivity index (χ1) is 33.8. The van der Waals surface area contributed by atoms with Crippen molar-refractivity contribution in [3.05, 3.63) is 69.8 Å². The van der Waals surface area contributed by atoms with Gasteiger partial charge in [-0.15, -0.1) is 10.2 Å². The molecule has 15 heteroatoms. The molecule has 0 atom stereocenters. The lowest BCUT2D eigenvalue weighted by molar-refractivity contribution is -0.141. The van der Waals surface area contributed by atoms with Gasteiger partial charge in [0.05, 0.1) is 28.8 Å². The zero-order valence-corrected chi connectivity index (χ0v) is 44.6. The minimum absolute atomic E-state index is 0.109. The number of rotatable bonds is 17. The van der Waals surface area contributed by atoms with Crippen molar-refractivity contribution in [1.82, 2.24) is 44.1 Å². The summed E-state index contributed by atoms with van der Waals surface area (Å²) in [4.78, 5) is 60.8. The number of ether oxygens (including phenoxy) is 2. The summed E-state index contributed by atoms with van der Waals surface area (Å²) in [7, 11) is 3.84. The van der Waals surface area contributed by atoms with Crippen molar-refractivity contribution >= 4 is 24.0 Å². The van der Waals surface area contributed by atoms with Gasteiger partial charge in [-0.25, -0.2) is 0 Å². The van der Waals surface area contributed by atoms with E-state index in [-0.39, 0.29) is 30.7 Å². The number of hydrogen-bond acceptors (Lipinski definition) is 10. The van der Waals surface area contributed by atoms with Crippen molar-refractivity contribution in [1.29, 1.82) is 0 Å². The maximum atomic E-state index is 13.2. The van der Waals surface area contributed by atoms with E-state index in [1.807, 2.05) is 61.2 Å². The summed E-state index contributed by atoms with van der Waals surface area (Å²) in [6.45, 7) is 26.9. The Hall–Kier alpha value is -5.54. The number of carbonyl (C=O) groups is 4. The van der Waals surface area contributed by atoms with E-state index in [0.717, 1.165) is 168 Å². The van der Waals surface area contributed by atoms with E-state index in [1.54, 1.807) is 4.68 Å². The van der Waals surface area contributed by atoms with Crippen LogP contribution >= 0.6 is 0 Å². The third-order valence-electron chi connectivity index (χ3n) is 14.5. The molecule has 15 nitrogen and oxygen atoms in total. The predicted molar refractivity (Wildman–Crippen MR) is 279 cm³/mol. The van der Waals surface area contributed by atoms with Gasteiger partial charge in [0, 0.05) is 115 Å². The normalized spacial score (nSPS) is 16.9. The molecular weight excluding hydrogens is 895 g/mol. The molecule has 6 heterocycles. The maximum Gasteiger partial charge on any atom is 0.237 e. The van der Waals surface area contributed by atoms with Crippen LogP contribution in [-0.2, 0) is 46.1 Å². The van der Waals surface area contributed by atoms with Crippen LogP contribution in [0.4, 0.5) is 0 Å². The molecule has 8 rings (SSSR count). The summed E-state index contributed by atoms with van der Waals surface area (Å²) in [5.41, 5.74) is 9.43. The highest BCUT2D eigenvalue weighted by molar-refractivity contribution is 5.83. The molecule has 71 heavy (non-hydrogen) atoms. The third kappa shape index (κ3) is 13.3. The second-order valence-electron chi connectivity index (χ2n) is 21.9. The van der Waals surface area contributed by atoms with Crippen molar-refractivity contribution in [2.75, 3.05) is 91.8 Å². The standard InChI is InChI=1S/C33H50N6O3.C23H31N3O3/c1-25-20-26(2)22-27(21-25)30-28(10-15-36-16-18-37(19-17-36)23-29(40)38-11-6-7-12-38)31(34-35(30)5)42-24-33(3,4)32(41)39-13-8-9-14-39;1-16-12-17(2)14-18(13-16)20-19(8-11-27)21(24-25(20)5)29-15-23(3,4)22(28)26-9-6-7-10-26/h20-22H,6-19,23-24H2,1-5H3;11-14H,6-10,15H2,1-5H3. The van der Waals surface area contributed by atoms with E-state index in [2.05, 4.69) is 79.0 Å². The van der Waals surface area contributed by atoms with Crippen LogP contribution in [0.2, 0.25) is 0 Å². The fourth-order valence-electron chi connectivity index (χ4n) is 10.8. The van der Waals surface area contributed by atoms with Crippen LogP contribution in [0.3, 0.4) is 0 Å². The van der Waals surface area contributed by atoms with Crippen molar-refractivity contribution in [3.63, 3.8) is 0 Å². The molecule has 0 spiro atoms. The lowest BCUT2D eigenvalue weighted by Crippen LogP contribution is -2.50. The summed E-state index contributed by atoms with van der Waals surface area (Å²) in [5.74, 6) is 1.60. The molecule has 0 saturated carbocycles. The number of piperazine rings is 1. The topological polar surface area (TPSA) is 139 Å². The molecule has 4 aromatic rings. The Labute approximate surface area is 422 Å². The highest BCUT2D eigenvalue weighted by atomic mass is 16.5. The molecular formula is C56H81N9O6. The smallest absolute Gasteiger partial charge is 0.237 e. The fourth-order valence-corrected chi connectivity index (χ4v) is 10.8. The first-order valence-electron chi connectivity index (χ1n) is 26.1. The molecule has 4 aliphatic rings. The molecule has 2 aromatic heterocycles. The van der Waals surface area contributed by atoms with Gasteiger partial charge in [-0.2, -0.15) is 0 Å². The summed E-state index contributed by atoms with van der Waals surface area (Å²) in [6, 6.07) is 12.9. The number of hydrogen-bond donors (Lipinski definition) is 0. The number of carbonyl (C=O) groups excluding carboxylic acids is 4. The van der Waals surface area contributed by atoms with Crippen molar-refractivity contribution in [2.45, 2.75) is 107 Å². The molecule has 0 radical (unpaired) electrons. The number of amides is 3. The third-order valence-corrected chi connectivity index (χ3v) is 14.5. The summed E-state index contributed by atoms with van der Waals surface area (Å²) < 4.78 is 16.2. The average molecular weight is 976 g/mol. The Kier molecular flexibility index (Phi) is 17.5. The van der Waals surface area contributed by atoms with Crippen LogP contribution in [0.15, 0.2) is 36.4 Å². The fraction of sp³-hybridized carbons (Fsp3) is 0.607. The first kappa shape index (κ1) is 53.3. The van der Waals surface area contributed by atoms with Crippen LogP contribution in [0.25, 0.3) is 22.5 Å². The molecule has 4 aliphatic heterocycles. The van der Waals surface area contributed by atoms with Crippen molar-refractivity contribution in [3.8, 4) is 34.3 Å². The molecule has 0 bridgehead atoms. The number of likely N-dealkylation sites (tertiary alicyclic amines) is 3. The highest BCUT2D eigenvalue weighted by Crippen LogP contribution is 2.35. The Bertz CT molecular complexity index is 2460. The van der Waals surface area contributed by atoms with Crippen LogP contribution in [0.1, 0.15) is 99.6 Å². The number of aromatic nitrogens is 4. The lowest BCUT2D eigenvalue weighted by Gasteiger charge is -2.35. The van der Waals surface area contributed by atoms with Gasteiger partial charge >= 0.3 is 0 Å². The van der Waals surface area contributed by atoms with Gasteiger partial charge in [0.2, 0.25) is 29.5 Å². The first-order valence-corrected chi connectivity index (χ1v) is 26.1. The van der Waals surface area contributed by atoms with E-state index in [9.17, 15) is 19.2 Å². The quantitative estimate of drug-likeness (QED) is 0.102. The SMILES string of the molecule is Cc1cc(C)cc(-c2c(CC=O)c(OCC(C)(C)C(=O)N3CCCC3)nn2C)c1.Cc1cc(C)cc(-c2c(CCN3CCN(CC(=O)N4CCCC4)CC3)c(OCC(C)(C)C(=O)N3CCCC3)nn2C)c1. The molecule has 0 unspecified atom stereocenters. The number of benzene rings is 2. The van der Waals surface area contributed by atoms with Crippen LogP contribution in [0.5, 0.6) is 11.8 Å². The second kappa shape index (κ2) is 23.3.